The molecular formula is C8H6ClNS. The molecule has 0 saturated heterocycles. The van der Waals surface area contributed by atoms with E-state index in [1.165, 1.54) is 0 Å². The summed E-state index contributed by atoms with van der Waals surface area (Å²) in [6, 6.07) is 9.42. The summed E-state index contributed by atoms with van der Waals surface area (Å²) >= 11 is 7.06. The molecular weight excluding hydrogens is 178 g/mol. The normalized spacial score (nSPS) is 9.09. The second-order valence-electron chi connectivity index (χ2n) is 1.89. The van der Waals surface area contributed by atoms with Crippen molar-refractivity contribution in [2.75, 3.05) is 5.21 Å². The van der Waals surface area contributed by atoms with Gasteiger partial charge in [0, 0.05) is 4.90 Å². The Morgan fingerprint density at radius 1 is 1.36 bits per heavy atom. The van der Waals surface area contributed by atoms with Crippen LogP contribution in [-0.4, -0.2) is 5.21 Å². The fraction of sp³-hybridized carbons (Fsp3) is 0.125. The fourth-order valence-corrected chi connectivity index (χ4v) is 1.52. The molecule has 0 heterocycles. The standard InChI is InChI=1S/C8H6ClNS/c9-6-11-8-3-1-7(5-10)2-4-8/h1-4H,6H2. The van der Waals surface area contributed by atoms with E-state index in [0.29, 0.717) is 10.8 Å². The number of hydrogen-bond donors (Lipinski definition) is 0. The molecule has 0 unspecified atom stereocenters. The summed E-state index contributed by atoms with van der Waals surface area (Å²) in [4.78, 5) is 1.10. The largest absolute Gasteiger partial charge is 0.192 e. The highest BCUT2D eigenvalue weighted by Crippen LogP contribution is 2.18. The summed E-state index contributed by atoms with van der Waals surface area (Å²) in [5.74, 6) is 0. The van der Waals surface area contributed by atoms with Gasteiger partial charge in [-0.1, -0.05) is 0 Å². The van der Waals surface area contributed by atoms with Crippen molar-refractivity contribution in [2.45, 2.75) is 4.90 Å². The molecule has 56 valence electrons. The number of nitrogens with zero attached hydrogens (tertiary/aromatic N) is 1. The van der Waals surface area contributed by atoms with E-state index in [1.54, 1.807) is 23.9 Å². The number of rotatable bonds is 2. The van der Waals surface area contributed by atoms with Gasteiger partial charge < -0.3 is 0 Å². The average molecular weight is 184 g/mol. The highest BCUT2D eigenvalue weighted by Gasteiger charge is 1.91. The lowest BCUT2D eigenvalue weighted by molar-refractivity contribution is 1.42. The van der Waals surface area contributed by atoms with Gasteiger partial charge in [0.25, 0.3) is 0 Å². The number of thioether (sulfide) groups is 1. The smallest absolute Gasteiger partial charge is 0.0991 e. The second-order valence-corrected chi connectivity index (χ2v) is 3.52. The van der Waals surface area contributed by atoms with Crippen molar-refractivity contribution in [1.29, 1.82) is 5.26 Å². The molecule has 3 heteroatoms. The van der Waals surface area contributed by atoms with Gasteiger partial charge in [0.05, 0.1) is 16.8 Å². The Kier molecular flexibility index (Phi) is 3.28. The summed E-state index contributed by atoms with van der Waals surface area (Å²) in [7, 11) is 0. The molecule has 0 fully saturated rings. The quantitative estimate of drug-likeness (QED) is 0.520. The van der Waals surface area contributed by atoms with Crippen molar-refractivity contribution in [3.8, 4) is 6.07 Å². The van der Waals surface area contributed by atoms with Crippen LogP contribution in [0.5, 0.6) is 0 Å². The van der Waals surface area contributed by atoms with Gasteiger partial charge in [-0.05, 0) is 24.3 Å². The Morgan fingerprint density at radius 3 is 2.45 bits per heavy atom. The van der Waals surface area contributed by atoms with Crippen LogP contribution < -0.4 is 0 Å². The number of halogens is 1. The van der Waals surface area contributed by atoms with E-state index in [9.17, 15) is 0 Å². The van der Waals surface area contributed by atoms with Crippen LogP contribution in [0.3, 0.4) is 0 Å². The van der Waals surface area contributed by atoms with Crippen LogP contribution in [0, 0.1) is 11.3 Å². The molecule has 1 aromatic carbocycles. The third kappa shape index (κ3) is 2.45. The van der Waals surface area contributed by atoms with Crippen molar-refractivity contribution < 1.29 is 0 Å². The van der Waals surface area contributed by atoms with Crippen LogP contribution in [0.15, 0.2) is 29.2 Å². The van der Waals surface area contributed by atoms with Gasteiger partial charge in [0.2, 0.25) is 0 Å². The average Bonchev–Trinajstić information content (AvgIpc) is 2.07. The zero-order valence-corrected chi connectivity index (χ0v) is 7.32. The lowest BCUT2D eigenvalue weighted by Crippen LogP contribution is -1.73. The molecule has 0 aliphatic heterocycles. The maximum absolute atomic E-state index is 8.48. The van der Waals surface area contributed by atoms with Gasteiger partial charge in [-0.3, -0.25) is 0 Å². The predicted molar refractivity (Wildman–Crippen MR) is 47.7 cm³/mol. The van der Waals surface area contributed by atoms with Crippen molar-refractivity contribution in [3.63, 3.8) is 0 Å². The molecule has 1 rings (SSSR count). The molecule has 0 aliphatic carbocycles. The Morgan fingerprint density at radius 2 is 2.00 bits per heavy atom. The lowest BCUT2D eigenvalue weighted by atomic mass is 10.2. The number of benzene rings is 1. The predicted octanol–water partition coefficient (Wildman–Crippen LogP) is 2.85. The van der Waals surface area contributed by atoms with Gasteiger partial charge in [-0.15, -0.1) is 23.4 Å². The van der Waals surface area contributed by atoms with Crippen LogP contribution in [0.2, 0.25) is 0 Å². The molecule has 1 aromatic rings. The van der Waals surface area contributed by atoms with E-state index in [4.69, 9.17) is 16.9 Å². The first-order chi connectivity index (χ1) is 5.36. The summed E-state index contributed by atoms with van der Waals surface area (Å²) in [5, 5.41) is 9.02. The monoisotopic (exact) mass is 183 g/mol. The van der Waals surface area contributed by atoms with Crippen molar-refractivity contribution in [2.24, 2.45) is 0 Å². The summed E-state index contributed by atoms with van der Waals surface area (Å²) in [6.45, 7) is 0. The van der Waals surface area contributed by atoms with Gasteiger partial charge in [-0.2, -0.15) is 5.26 Å². The minimum absolute atomic E-state index is 0.548. The molecule has 0 saturated carbocycles. The third-order valence-corrected chi connectivity index (χ3v) is 2.25. The number of nitriles is 1. The molecule has 0 aliphatic rings. The van der Waals surface area contributed by atoms with Gasteiger partial charge in [-0.25, -0.2) is 0 Å². The second kappa shape index (κ2) is 4.27. The van der Waals surface area contributed by atoms with Crippen molar-refractivity contribution in [3.05, 3.63) is 29.8 Å². The van der Waals surface area contributed by atoms with E-state index in [0.717, 1.165) is 4.90 Å². The van der Waals surface area contributed by atoms with Crippen LogP contribution in [0.25, 0.3) is 0 Å². The zero-order valence-electron chi connectivity index (χ0n) is 5.75. The third-order valence-electron chi connectivity index (χ3n) is 1.20. The Labute approximate surface area is 75.0 Å². The van der Waals surface area contributed by atoms with Gasteiger partial charge in [0.1, 0.15) is 0 Å². The van der Waals surface area contributed by atoms with Crippen LogP contribution in [0.1, 0.15) is 5.56 Å². The fourth-order valence-electron chi connectivity index (χ4n) is 0.689. The van der Waals surface area contributed by atoms with E-state index in [1.807, 2.05) is 12.1 Å². The Balaban J connectivity index is 2.76. The topological polar surface area (TPSA) is 23.8 Å². The Bertz CT molecular complexity index is 262. The Hall–Kier alpha value is -0.650. The van der Waals surface area contributed by atoms with Gasteiger partial charge >= 0.3 is 0 Å². The maximum Gasteiger partial charge on any atom is 0.0991 e. The molecule has 0 atom stereocenters. The lowest BCUT2D eigenvalue weighted by Gasteiger charge is -1.94. The van der Waals surface area contributed by atoms with E-state index in [-0.39, 0.29) is 0 Å². The minimum Gasteiger partial charge on any atom is -0.192 e. The first-order valence-electron chi connectivity index (χ1n) is 3.06. The molecule has 0 bridgehead atoms. The van der Waals surface area contributed by atoms with E-state index < -0.39 is 0 Å². The molecule has 1 nitrogen and oxygen atoms in total. The number of alkyl halides is 1. The highest BCUT2D eigenvalue weighted by molar-refractivity contribution is 8.00. The van der Waals surface area contributed by atoms with Crippen LogP contribution in [0.4, 0.5) is 0 Å². The van der Waals surface area contributed by atoms with Crippen molar-refractivity contribution in [1.82, 2.24) is 0 Å². The highest BCUT2D eigenvalue weighted by atomic mass is 35.5. The molecule has 11 heavy (non-hydrogen) atoms. The first-order valence-corrected chi connectivity index (χ1v) is 4.58. The zero-order chi connectivity index (χ0) is 8.10. The maximum atomic E-state index is 8.48. The molecule has 0 spiro atoms. The molecule has 0 amide bonds. The summed E-state index contributed by atoms with van der Waals surface area (Å²) < 4.78 is 0. The van der Waals surface area contributed by atoms with Gasteiger partial charge in [0.15, 0.2) is 0 Å². The SMILES string of the molecule is N#Cc1ccc(SCCl)cc1. The summed E-state index contributed by atoms with van der Waals surface area (Å²) in [5.41, 5.74) is 0.684. The number of hydrogen-bond acceptors (Lipinski definition) is 2. The molecule has 0 aromatic heterocycles. The van der Waals surface area contributed by atoms with E-state index >= 15 is 0 Å². The van der Waals surface area contributed by atoms with Crippen LogP contribution in [-0.2, 0) is 0 Å². The van der Waals surface area contributed by atoms with Crippen molar-refractivity contribution >= 4 is 23.4 Å². The molecule has 0 N–H and O–H groups in total. The minimum atomic E-state index is 0.548. The first kappa shape index (κ1) is 8.45. The summed E-state index contributed by atoms with van der Waals surface area (Å²) in [6.07, 6.45) is 0. The molecule has 0 radical (unpaired) electrons. The van der Waals surface area contributed by atoms with Crippen LogP contribution >= 0.6 is 23.4 Å². The van der Waals surface area contributed by atoms with E-state index in [2.05, 4.69) is 6.07 Å².